The van der Waals surface area contributed by atoms with E-state index in [1.165, 1.54) is 24.5 Å². The highest BCUT2D eigenvalue weighted by Crippen LogP contribution is 2.29. The molecular weight excluding hydrogens is 408 g/mol. The fraction of sp³-hybridized carbons (Fsp3) is 0.385. The number of aromatic nitrogens is 2. The van der Waals surface area contributed by atoms with E-state index >= 15 is 0 Å². The van der Waals surface area contributed by atoms with E-state index in [0.29, 0.717) is 24.4 Å². The van der Waals surface area contributed by atoms with Gasteiger partial charge in [0.1, 0.15) is 11.6 Å². The van der Waals surface area contributed by atoms with Crippen molar-refractivity contribution in [3.05, 3.63) is 71.4 Å². The first kappa shape index (κ1) is 22.3. The van der Waals surface area contributed by atoms with Gasteiger partial charge in [-0.1, -0.05) is 24.3 Å². The third kappa shape index (κ3) is 5.68. The Labute approximate surface area is 187 Å². The summed E-state index contributed by atoms with van der Waals surface area (Å²) in [5.74, 6) is 0.426. The first-order chi connectivity index (χ1) is 15.6. The Morgan fingerprint density at radius 2 is 1.97 bits per heavy atom. The Morgan fingerprint density at radius 1 is 1.12 bits per heavy atom. The monoisotopic (exact) mass is 437 g/mol. The molecule has 1 heterocycles. The second kappa shape index (κ2) is 10.6. The molecule has 1 fully saturated rings. The van der Waals surface area contributed by atoms with E-state index in [1.54, 1.807) is 19.4 Å². The van der Waals surface area contributed by atoms with Crippen LogP contribution >= 0.6 is 0 Å². The Bertz CT molecular complexity index is 1080. The van der Waals surface area contributed by atoms with Crippen molar-refractivity contribution in [2.45, 2.75) is 44.6 Å². The minimum atomic E-state index is -0.424. The lowest BCUT2D eigenvalue weighted by Gasteiger charge is -2.29. The Balaban J connectivity index is 1.23. The summed E-state index contributed by atoms with van der Waals surface area (Å²) >= 11 is 0. The molecule has 1 aliphatic rings. The van der Waals surface area contributed by atoms with Gasteiger partial charge in [0.2, 0.25) is 5.88 Å². The molecule has 1 N–H and O–H groups in total. The summed E-state index contributed by atoms with van der Waals surface area (Å²) in [4.78, 5) is 9.04. The van der Waals surface area contributed by atoms with Gasteiger partial charge in [0.05, 0.1) is 24.3 Å². The van der Waals surface area contributed by atoms with E-state index in [1.807, 2.05) is 18.2 Å². The third-order valence-corrected chi connectivity index (χ3v) is 6.29. The minimum Gasteiger partial charge on any atom is -0.480 e. The van der Waals surface area contributed by atoms with Crippen molar-refractivity contribution >= 4 is 17.1 Å². The van der Waals surface area contributed by atoms with Crippen molar-refractivity contribution in [3.8, 4) is 5.88 Å². The van der Waals surface area contributed by atoms with Crippen LogP contribution in [0.25, 0.3) is 17.1 Å². The van der Waals surface area contributed by atoms with Crippen molar-refractivity contribution in [2.75, 3.05) is 13.7 Å². The number of nitrogens with zero attached hydrogens (tertiary/aromatic N) is 2. The molecule has 168 valence electrons. The zero-order valence-electron chi connectivity index (χ0n) is 18.4. The maximum Gasteiger partial charge on any atom is 0.232 e. The van der Waals surface area contributed by atoms with Crippen LogP contribution in [0.1, 0.15) is 43.2 Å². The normalized spacial score (nSPS) is 19.0. The molecule has 1 saturated carbocycles. The van der Waals surface area contributed by atoms with Gasteiger partial charge in [0, 0.05) is 18.2 Å². The molecule has 0 spiro atoms. The summed E-state index contributed by atoms with van der Waals surface area (Å²) in [6, 6.07) is 10.1. The van der Waals surface area contributed by atoms with Crippen LogP contribution in [0, 0.1) is 17.6 Å². The van der Waals surface area contributed by atoms with Crippen LogP contribution in [-0.4, -0.2) is 29.7 Å². The summed E-state index contributed by atoms with van der Waals surface area (Å²) in [6.07, 6.45) is 11.9. The van der Waals surface area contributed by atoms with Gasteiger partial charge in [-0.3, -0.25) is 0 Å². The SMILES string of the molecule is COc1cnc2cccc(CCC3CCC(NC/C=C/c4cc(F)ccc4F)CC3)c2n1. The fourth-order valence-electron chi connectivity index (χ4n) is 4.45. The molecule has 1 aromatic heterocycles. The van der Waals surface area contributed by atoms with Crippen LogP contribution in [0.4, 0.5) is 8.78 Å². The molecule has 0 aliphatic heterocycles. The predicted molar refractivity (Wildman–Crippen MR) is 124 cm³/mol. The van der Waals surface area contributed by atoms with E-state index in [-0.39, 0.29) is 5.56 Å². The summed E-state index contributed by atoms with van der Waals surface area (Å²) in [5.41, 5.74) is 3.35. The van der Waals surface area contributed by atoms with E-state index in [4.69, 9.17) is 4.74 Å². The predicted octanol–water partition coefficient (Wildman–Crippen LogP) is 5.71. The molecule has 0 atom stereocenters. The smallest absolute Gasteiger partial charge is 0.232 e. The van der Waals surface area contributed by atoms with E-state index in [2.05, 4.69) is 21.4 Å². The molecule has 0 saturated heterocycles. The van der Waals surface area contributed by atoms with Gasteiger partial charge >= 0.3 is 0 Å². The number of fused-ring (bicyclic) bond motifs is 1. The zero-order chi connectivity index (χ0) is 22.3. The molecule has 4 rings (SSSR count). The van der Waals surface area contributed by atoms with Crippen molar-refractivity contribution in [3.63, 3.8) is 0 Å². The summed E-state index contributed by atoms with van der Waals surface area (Å²) in [5, 5.41) is 3.52. The largest absolute Gasteiger partial charge is 0.480 e. The van der Waals surface area contributed by atoms with Crippen LogP contribution in [0.3, 0.4) is 0 Å². The van der Waals surface area contributed by atoms with Crippen LogP contribution in [0.2, 0.25) is 0 Å². The average Bonchev–Trinajstić information content (AvgIpc) is 2.83. The molecule has 4 nitrogen and oxygen atoms in total. The molecule has 3 aromatic rings. The number of para-hydroxylation sites is 1. The van der Waals surface area contributed by atoms with Crippen LogP contribution in [-0.2, 0) is 6.42 Å². The standard InChI is InChI=1S/C26H29F2N3O/c1-32-25-17-30-24-6-2-4-19(26(24)31-25)10-7-18-8-12-22(13-9-18)29-15-3-5-20-16-21(27)11-14-23(20)28/h2-6,11,14,16-18,22,29H,7-10,12-13,15H2,1H3/b5-3+. The van der Waals surface area contributed by atoms with Crippen LogP contribution in [0.5, 0.6) is 5.88 Å². The highest BCUT2D eigenvalue weighted by Gasteiger charge is 2.20. The number of rotatable bonds is 8. The number of halogens is 2. The summed E-state index contributed by atoms with van der Waals surface area (Å²) in [7, 11) is 1.61. The first-order valence-corrected chi connectivity index (χ1v) is 11.3. The molecule has 0 unspecified atom stereocenters. The number of hydrogen-bond donors (Lipinski definition) is 1. The lowest BCUT2D eigenvalue weighted by molar-refractivity contribution is 0.285. The van der Waals surface area contributed by atoms with Gasteiger partial charge in [-0.25, -0.2) is 18.7 Å². The average molecular weight is 438 g/mol. The molecule has 1 aliphatic carbocycles. The maximum atomic E-state index is 13.7. The van der Waals surface area contributed by atoms with Crippen LogP contribution in [0.15, 0.2) is 48.7 Å². The number of hydrogen-bond acceptors (Lipinski definition) is 4. The number of nitrogens with one attached hydrogen (secondary N) is 1. The molecule has 6 heteroatoms. The summed E-state index contributed by atoms with van der Waals surface area (Å²) < 4.78 is 32.1. The lowest BCUT2D eigenvalue weighted by Crippen LogP contribution is -2.33. The zero-order valence-corrected chi connectivity index (χ0v) is 18.4. The van der Waals surface area contributed by atoms with Crippen LogP contribution < -0.4 is 10.1 Å². The van der Waals surface area contributed by atoms with E-state index < -0.39 is 11.6 Å². The Hall–Kier alpha value is -2.86. The third-order valence-electron chi connectivity index (χ3n) is 6.29. The molecule has 0 radical (unpaired) electrons. The highest BCUT2D eigenvalue weighted by atomic mass is 19.1. The fourth-order valence-corrected chi connectivity index (χ4v) is 4.45. The molecule has 2 aromatic carbocycles. The van der Waals surface area contributed by atoms with Gasteiger partial charge in [0.25, 0.3) is 0 Å². The topological polar surface area (TPSA) is 47.0 Å². The minimum absolute atomic E-state index is 0.284. The number of ether oxygens (including phenoxy) is 1. The quantitative estimate of drug-likeness (QED) is 0.490. The van der Waals surface area contributed by atoms with Gasteiger partial charge in [-0.05, 0) is 74.3 Å². The van der Waals surface area contributed by atoms with Crippen molar-refractivity contribution in [2.24, 2.45) is 5.92 Å². The molecule has 0 amide bonds. The molecule has 0 bridgehead atoms. The highest BCUT2D eigenvalue weighted by molar-refractivity contribution is 5.78. The van der Waals surface area contributed by atoms with Crippen molar-refractivity contribution in [1.82, 2.24) is 15.3 Å². The second-order valence-corrected chi connectivity index (χ2v) is 8.43. The Morgan fingerprint density at radius 3 is 2.78 bits per heavy atom. The molecular formula is C26H29F2N3O. The second-order valence-electron chi connectivity index (χ2n) is 8.43. The van der Waals surface area contributed by atoms with Gasteiger partial charge in [0.15, 0.2) is 0 Å². The summed E-state index contributed by atoms with van der Waals surface area (Å²) in [6.45, 7) is 0.655. The van der Waals surface area contributed by atoms with Gasteiger partial charge in [-0.15, -0.1) is 0 Å². The lowest BCUT2D eigenvalue weighted by atomic mass is 9.82. The van der Waals surface area contributed by atoms with Crippen molar-refractivity contribution < 1.29 is 13.5 Å². The molecule has 32 heavy (non-hydrogen) atoms. The van der Waals surface area contributed by atoms with Gasteiger partial charge < -0.3 is 10.1 Å². The Kier molecular flexibility index (Phi) is 7.43. The number of methoxy groups -OCH3 is 1. The van der Waals surface area contributed by atoms with E-state index in [9.17, 15) is 8.78 Å². The van der Waals surface area contributed by atoms with Gasteiger partial charge in [-0.2, -0.15) is 0 Å². The maximum absolute atomic E-state index is 13.7. The number of aryl methyl sites for hydroxylation is 1. The number of benzene rings is 2. The van der Waals surface area contributed by atoms with Crippen molar-refractivity contribution in [1.29, 1.82) is 0 Å². The van der Waals surface area contributed by atoms with E-state index in [0.717, 1.165) is 48.8 Å². The first-order valence-electron chi connectivity index (χ1n) is 11.3.